The third-order valence-corrected chi connectivity index (χ3v) is 6.95. The number of nitrogens with one attached hydrogen (secondary N) is 2. The molecule has 162 valence electrons. The lowest BCUT2D eigenvalue weighted by Gasteiger charge is -2.42. The molecule has 0 radical (unpaired) electrons. The van der Waals surface area contributed by atoms with Crippen molar-refractivity contribution >= 4 is 15.8 Å². The molecular weight excluding hydrogens is 388 g/mol. The summed E-state index contributed by atoms with van der Waals surface area (Å²) >= 11 is 0. The Bertz CT molecular complexity index is 986. The quantitative estimate of drug-likeness (QED) is 0.364. The number of phenols is 1. The van der Waals surface area contributed by atoms with Crippen molar-refractivity contribution < 1.29 is 18.1 Å². The maximum Gasteiger partial charge on any atom is 0.294 e. The zero-order valence-electron chi connectivity index (χ0n) is 18.6. The van der Waals surface area contributed by atoms with Crippen molar-refractivity contribution in [2.75, 3.05) is 5.32 Å². The molecule has 0 spiro atoms. The van der Waals surface area contributed by atoms with E-state index in [9.17, 15) is 18.1 Å². The number of hydrogen-bond acceptors (Lipinski definition) is 4. The second-order valence-electron chi connectivity index (χ2n) is 9.37. The third kappa shape index (κ3) is 4.46. The molecule has 1 aromatic heterocycles. The largest absolute Gasteiger partial charge is 0.506 e. The van der Waals surface area contributed by atoms with E-state index in [0.29, 0.717) is 11.5 Å². The minimum absolute atomic E-state index is 0.0150. The standard InChI is InChI=1S/C22H34N2O4S/c1-13(2)16-9-10-20(24-16)22(7,8)21(5,6)15-11-18(25)17(23-14(3)4)12-19(15)29(26,27)28/h9-14,23-25H,1-8H3,(H,26,27,28). The fourth-order valence-corrected chi connectivity index (χ4v) is 4.34. The van der Waals surface area contributed by atoms with E-state index in [4.69, 9.17) is 0 Å². The van der Waals surface area contributed by atoms with Crippen molar-refractivity contribution in [3.63, 3.8) is 0 Å². The third-order valence-electron chi connectivity index (χ3n) is 6.06. The number of hydrogen-bond donors (Lipinski definition) is 4. The molecule has 0 saturated carbocycles. The van der Waals surface area contributed by atoms with E-state index in [0.717, 1.165) is 11.4 Å². The average molecular weight is 423 g/mol. The molecule has 0 aliphatic carbocycles. The van der Waals surface area contributed by atoms with Crippen molar-refractivity contribution in [1.82, 2.24) is 4.98 Å². The Balaban J connectivity index is 2.70. The highest BCUT2D eigenvalue weighted by molar-refractivity contribution is 7.85. The van der Waals surface area contributed by atoms with Gasteiger partial charge in [0, 0.05) is 28.3 Å². The molecule has 0 saturated heterocycles. The van der Waals surface area contributed by atoms with Gasteiger partial charge in [0.15, 0.2) is 0 Å². The van der Waals surface area contributed by atoms with E-state index in [1.807, 2.05) is 53.7 Å². The van der Waals surface area contributed by atoms with Crippen LogP contribution in [0.2, 0.25) is 0 Å². The zero-order valence-corrected chi connectivity index (χ0v) is 19.4. The Kier molecular flexibility index (Phi) is 6.17. The summed E-state index contributed by atoms with van der Waals surface area (Å²) in [6, 6.07) is 6.79. The zero-order chi connectivity index (χ0) is 22.4. The van der Waals surface area contributed by atoms with Gasteiger partial charge < -0.3 is 15.4 Å². The molecule has 1 aromatic carbocycles. The molecule has 0 fully saturated rings. The second kappa shape index (κ2) is 7.69. The normalized spacial score (nSPS) is 13.3. The Morgan fingerprint density at radius 1 is 1.00 bits per heavy atom. The average Bonchev–Trinajstić information content (AvgIpc) is 3.05. The highest BCUT2D eigenvalue weighted by atomic mass is 32.2. The molecule has 0 unspecified atom stereocenters. The van der Waals surface area contributed by atoms with Gasteiger partial charge in [0.2, 0.25) is 0 Å². The molecule has 0 amide bonds. The van der Waals surface area contributed by atoms with Crippen molar-refractivity contribution in [2.24, 2.45) is 0 Å². The van der Waals surface area contributed by atoms with Gasteiger partial charge in [-0.1, -0.05) is 41.5 Å². The van der Waals surface area contributed by atoms with Crippen LogP contribution >= 0.6 is 0 Å². The van der Waals surface area contributed by atoms with E-state index in [1.165, 1.54) is 12.1 Å². The first-order valence-corrected chi connectivity index (χ1v) is 11.3. The van der Waals surface area contributed by atoms with Gasteiger partial charge >= 0.3 is 0 Å². The van der Waals surface area contributed by atoms with E-state index in [2.05, 4.69) is 24.1 Å². The number of H-pyrrole nitrogens is 1. The van der Waals surface area contributed by atoms with Crippen LogP contribution in [0.25, 0.3) is 0 Å². The summed E-state index contributed by atoms with van der Waals surface area (Å²) in [6.07, 6.45) is 0. The van der Waals surface area contributed by atoms with E-state index >= 15 is 0 Å². The summed E-state index contributed by atoms with van der Waals surface area (Å²) < 4.78 is 34.4. The molecule has 29 heavy (non-hydrogen) atoms. The monoisotopic (exact) mass is 422 g/mol. The van der Waals surface area contributed by atoms with Crippen LogP contribution in [0.1, 0.15) is 78.3 Å². The van der Waals surface area contributed by atoms with Crippen LogP contribution in [-0.2, 0) is 20.9 Å². The molecule has 0 aliphatic heterocycles. The van der Waals surface area contributed by atoms with Crippen molar-refractivity contribution in [3.8, 4) is 5.75 Å². The van der Waals surface area contributed by atoms with Crippen LogP contribution < -0.4 is 5.32 Å². The lowest BCUT2D eigenvalue weighted by atomic mass is 9.62. The summed E-state index contributed by atoms with van der Waals surface area (Å²) in [7, 11) is -4.50. The van der Waals surface area contributed by atoms with Crippen LogP contribution in [0, 0.1) is 0 Å². The van der Waals surface area contributed by atoms with Crippen LogP contribution in [0.4, 0.5) is 5.69 Å². The van der Waals surface area contributed by atoms with Crippen molar-refractivity contribution in [3.05, 3.63) is 41.2 Å². The Morgan fingerprint density at radius 2 is 1.59 bits per heavy atom. The van der Waals surface area contributed by atoms with Gasteiger partial charge in [0.1, 0.15) is 5.75 Å². The maximum atomic E-state index is 12.2. The number of benzene rings is 1. The Labute approximate surface area is 174 Å². The number of rotatable bonds is 7. The van der Waals surface area contributed by atoms with Crippen LogP contribution in [0.15, 0.2) is 29.2 Å². The van der Waals surface area contributed by atoms with E-state index in [1.54, 1.807) is 0 Å². The number of aromatic hydroxyl groups is 1. The minimum Gasteiger partial charge on any atom is -0.506 e. The molecule has 1 heterocycles. The molecular formula is C22H34N2O4S. The van der Waals surface area contributed by atoms with Gasteiger partial charge in [0.05, 0.1) is 10.6 Å². The van der Waals surface area contributed by atoms with Crippen molar-refractivity contribution in [1.29, 1.82) is 0 Å². The first kappa shape index (κ1) is 23.3. The smallest absolute Gasteiger partial charge is 0.294 e. The first-order chi connectivity index (χ1) is 13.1. The fraction of sp³-hybridized carbons (Fsp3) is 0.545. The molecule has 2 aromatic rings. The van der Waals surface area contributed by atoms with E-state index < -0.39 is 20.9 Å². The second-order valence-corrected chi connectivity index (χ2v) is 10.8. The molecule has 7 heteroatoms. The lowest BCUT2D eigenvalue weighted by molar-refractivity contribution is 0.289. The predicted octanol–water partition coefficient (Wildman–Crippen LogP) is 5.17. The van der Waals surface area contributed by atoms with Gasteiger partial charge in [-0.25, -0.2) is 0 Å². The lowest BCUT2D eigenvalue weighted by Crippen LogP contribution is -2.41. The summed E-state index contributed by atoms with van der Waals surface area (Å²) in [5.74, 6) is 0.279. The summed E-state index contributed by atoms with van der Waals surface area (Å²) in [6.45, 7) is 15.8. The number of aromatic amines is 1. The summed E-state index contributed by atoms with van der Waals surface area (Å²) in [4.78, 5) is 3.25. The van der Waals surface area contributed by atoms with Gasteiger partial charge in [-0.05, 0) is 49.6 Å². The van der Waals surface area contributed by atoms with Gasteiger partial charge in [-0.3, -0.25) is 4.55 Å². The Morgan fingerprint density at radius 3 is 2.03 bits per heavy atom. The number of anilines is 1. The topological polar surface area (TPSA) is 102 Å². The van der Waals surface area contributed by atoms with E-state index in [-0.39, 0.29) is 22.4 Å². The molecule has 0 bridgehead atoms. The minimum atomic E-state index is -4.50. The summed E-state index contributed by atoms with van der Waals surface area (Å²) in [5, 5.41) is 13.6. The van der Waals surface area contributed by atoms with Gasteiger partial charge in [-0.2, -0.15) is 8.42 Å². The van der Waals surface area contributed by atoms with Crippen LogP contribution in [-0.4, -0.2) is 29.1 Å². The Hall–Kier alpha value is -1.99. The summed E-state index contributed by atoms with van der Waals surface area (Å²) in [5.41, 5.74) is 1.41. The van der Waals surface area contributed by atoms with Crippen molar-refractivity contribution in [2.45, 2.75) is 83.1 Å². The number of aromatic nitrogens is 1. The maximum absolute atomic E-state index is 12.2. The first-order valence-electron chi connectivity index (χ1n) is 9.90. The van der Waals surface area contributed by atoms with Crippen LogP contribution in [0.3, 0.4) is 0 Å². The van der Waals surface area contributed by atoms with Gasteiger partial charge in [0.25, 0.3) is 10.1 Å². The van der Waals surface area contributed by atoms with Gasteiger partial charge in [-0.15, -0.1) is 0 Å². The highest BCUT2D eigenvalue weighted by Crippen LogP contribution is 2.47. The van der Waals surface area contributed by atoms with Crippen LogP contribution in [0.5, 0.6) is 5.75 Å². The molecule has 4 N–H and O–H groups in total. The molecule has 0 atom stereocenters. The molecule has 2 rings (SSSR count). The predicted molar refractivity (Wildman–Crippen MR) is 118 cm³/mol. The SMILES string of the molecule is CC(C)Nc1cc(S(=O)(=O)O)c(C(C)(C)C(C)(C)c2ccc(C(C)C)[nH]2)cc1O. The molecule has 6 nitrogen and oxygen atoms in total. The highest BCUT2D eigenvalue weighted by Gasteiger charge is 2.44. The fourth-order valence-electron chi connectivity index (χ4n) is 3.48. The molecule has 0 aliphatic rings. The number of phenolic OH excluding ortho intramolecular Hbond substituents is 1.